The van der Waals surface area contributed by atoms with Gasteiger partial charge in [0.25, 0.3) is 5.91 Å². The van der Waals surface area contributed by atoms with Crippen LogP contribution in [0.1, 0.15) is 54.8 Å². The summed E-state index contributed by atoms with van der Waals surface area (Å²) < 4.78 is 10.8. The molecule has 2 atom stereocenters. The molecule has 2 aromatic heterocycles. The van der Waals surface area contributed by atoms with Crippen LogP contribution in [0.25, 0.3) is 10.2 Å². The van der Waals surface area contributed by atoms with Crippen molar-refractivity contribution >= 4 is 33.4 Å². The van der Waals surface area contributed by atoms with Crippen molar-refractivity contribution in [1.82, 2.24) is 15.3 Å². The first-order chi connectivity index (χ1) is 13.0. The van der Waals surface area contributed by atoms with Crippen LogP contribution in [-0.2, 0) is 9.53 Å². The number of esters is 1. The van der Waals surface area contributed by atoms with Crippen LogP contribution in [0.2, 0.25) is 0 Å². The second-order valence-corrected chi connectivity index (χ2v) is 7.86. The highest BCUT2D eigenvalue weighted by molar-refractivity contribution is 7.20. The Bertz CT molecular complexity index is 836. The van der Waals surface area contributed by atoms with Crippen molar-refractivity contribution < 1.29 is 19.1 Å². The third-order valence-corrected chi connectivity index (χ3v) is 6.13. The largest absolute Gasteiger partial charge is 0.467 e. The zero-order chi connectivity index (χ0) is 19.4. The van der Waals surface area contributed by atoms with Crippen LogP contribution in [0, 0.1) is 12.8 Å². The Balaban J connectivity index is 1.71. The third kappa shape index (κ3) is 4.37. The zero-order valence-corrected chi connectivity index (χ0v) is 16.7. The molecule has 27 heavy (non-hydrogen) atoms. The molecule has 7 nitrogen and oxygen atoms in total. The Labute approximate surface area is 162 Å². The van der Waals surface area contributed by atoms with Gasteiger partial charge in [-0.05, 0) is 38.2 Å². The van der Waals surface area contributed by atoms with Crippen LogP contribution in [0.15, 0.2) is 6.33 Å². The summed E-state index contributed by atoms with van der Waals surface area (Å²) in [7, 11) is 0. The highest BCUT2D eigenvalue weighted by atomic mass is 32.1. The molecule has 0 unspecified atom stereocenters. The topological polar surface area (TPSA) is 90.4 Å². The Morgan fingerprint density at radius 2 is 2.07 bits per heavy atom. The molecule has 8 heteroatoms. The summed E-state index contributed by atoms with van der Waals surface area (Å²) in [4.78, 5) is 33.9. The van der Waals surface area contributed by atoms with Crippen LogP contribution >= 0.6 is 11.3 Å². The predicted molar refractivity (Wildman–Crippen MR) is 103 cm³/mol. The van der Waals surface area contributed by atoms with Crippen LogP contribution in [0.5, 0.6) is 5.88 Å². The van der Waals surface area contributed by atoms with Gasteiger partial charge in [0.2, 0.25) is 5.88 Å². The Morgan fingerprint density at radius 3 is 2.81 bits per heavy atom. The van der Waals surface area contributed by atoms with Crippen LogP contribution in [0.4, 0.5) is 0 Å². The van der Waals surface area contributed by atoms with Crippen LogP contribution in [-0.4, -0.2) is 41.1 Å². The standard InChI is InChI=1S/C19H25N3O4S/c1-4-25-19(24)16-12(3)15-17(20-10-21-18(15)27-16)26-9-14(23)22-13-8-6-5-7-11(13)2/h10-11,13H,4-9H2,1-3H3,(H,22,23)/t11-,13-/m0/s1. The van der Waals surface area contributed by atoms with Crippen molar-refractivity contribution in [1.29, 1.82) is 0 Å². The molecule has 1 amide bonds. The van der Waals surface area contributed by atoms with Gasteiger partial charge in [-0.2, -0.15) is 0 Å². The summed E-state index contributed by atoms with van der Waals surface area (Å²) in [6.45, 7) is 5.94. The lowest BCUT2D eigenvalue weighted by atomic mass is 9.86. The van der Waals surface area contributed by atoms with Crippen molar-refractivity contribution in [2.75, 3.05) is 13.2 Å². The summed E-state index contributed by atoms with van der Waals surface area (Å²) in [5, 5.41) is 3.72. The lowest BCUT2D eigenvalue weighted by molar-refractivity contribution is -0.124. The van der Waals surface area contributed by atoms with Crippen molar-refractivity contribution in [2.24, 2.45) is 5.92 Å². The SMILES string of the molecule is CCOC(=O)c1sc2ncnc(OCC(=O)N[C@H]3CCCC[C@@H]3C)c2c1C. The Hall–Kier alpha value is -2.22. The molecule has 1 N–H and O–H groups in total. The minimum atomic E-state index is -0.382. The van der Waals surface area contributed by atoms with Crippen LogP contribution in [0.3, 0.4) is 0 Å². The number of nitrogens with one attached hydrogen (secondary N) is 1. The molecule has 0 spiro atoms. The molecular weight excluding hydrogens is 366 g/mol. The van der Waals surface area contributed by atoms with E-state index in [0.29, 0.717) is 39.1 Å². The molecule has 2 aromatic rings. The van der Waals surface area contributed by atoms with Gasteiger partial charge in [-0.3, -0.25) is 4.79 Å². The average molecular weight is 391 g/mol. The van der Waals surface area contributed by atoms with Gasteiger partial charge in [0, 0.05) is 6.04 Å². The van der Waals surface area contributed by atoms with Gasteiger partial charge in [-0.1, -0.05) is 19.8 Å². The number of fused-ring (bicyclic) bond motifs is 1. The molecule has 0 bridgehead atoms. The van der Waals surface area contributed by atoms with E-state index in [1.54, 1.807) is 6.92 Å². The normalized spacial score (nSPS) is 19.7. The van der Waals surface area contributed by atoms with E-state index in [-0.39, 0.29) is 24.5 Å². The molecule has 1 fully saturated rings. The minimum absolute atomic E-state index is 0.112. The highest BCUT2D eigenvalue weighted by Gasteiger charge is 2.24. The molecule has 2 heterocycles. The molecule has 0 aliphatic heterocycles. The smallest absolute Gasteiger partial charge is 0.348 e. The van der Waals surface area contributed by atoms with Crippen LogP contribution < -0.4 is 10.1 Å². The van der Waals surface area contributed by atoms with Gasteiger partial charge in [0.1, 0.15) is 16.0 Å². The van der Waals surface area contributed by atoms with E-state index in [1.165, 1.54) is 24.1 Å². The van der Waals surface area contributed by atoms with E-state index in [0.717, 1.165) is 19.3 Å². The number of rotatable bonds is 6. The van der Waals surface area contributed by atoms with E-state index >= 15 is 0 Å². The van der Waals surface area contributed by atoms with Crippen molar-refractivity contribution in [3.63, 3.8) is 0 Å². The predicted octanol–water partition coefficient (Wildman–Crippen LogP) is 3.25. The van der Waals surface area contributed by atoms with Gasteiger partial charge in [-0.25, -0.2) is 14.8 Å². The number of aromatic nitrogens is 2. The number of nitrogens with zero attached hydrogens (tertiary/aromatic N) is 2. The number of hydrogen-bond acceptors (Lipinski definition) is 7. The number of ether oxygens (including phenoxy) is 2. The second kappa shape index (κ2) is 8.65. The number of hydrogen-bond donors (Lipinski definition) is 1. The minimum Gasteiger partial charge on any atom is -0.467 e. The molecule has 0 aromatic carbocycles. The van der Waals surface area contributed by atoms with Crippen molar-refractivity contribution in [3.8, 4) is 5.88 Å². The summed E-state index contributed by atoms with van der Waals surface area (Å²) in [5.41, 5.74) is 0.713. The van der Waals surface area contributed by atoms with E-state index in [9.17, 15) is 9.59 Å². The fraction of sp³-hybridized carbons (Fsp3) is 0.579. The summed E-state index contributed by atoms with van der Waals surface area (Å²) >= 11 is 1.24. The van der Waals surface area contributed by atoms with Crippen molar-refractivity contribution in [3.05, 3.63) is 16.8 Å². The molecule has 0 radical (unpaired) electrons. The highest BCUT2D eigenvalue weighted by Crippen LogP contribution is 2.34. The maximum Gasteiger partial charge on any atom is 0.348 e. The monoisotopic (exact) mass is 391 g/mol. The maximum atomic E-state index is 12.3. The molecular formula is C19H25N3O4S. The summed E-state index contributed by atoms with van der Waals surface area (Å²) in [6.07, 6.45) is 5.90. The molecule has 3 rings (SSSR count). The maximum absolute atomic E-state index is 12.3. The lowest BCUT2D eigenvalue weighted by Gasteiger charge is -2.29. The number of carbonyl (C=O) groups is 2. The molecule has 146 valence electrons. The Morgan fingerprint density at radius 1 is 1.30 bits per heavy atom. The van der Waals surface area contributed by atoms with E-state index < -0.39 is 0 Å². The van der Waals surface area contributed by atoms with Crippen molar-refractivity contribution in [2.45, 2.75) is 52.5 Å². The first-order valence-corrected chi connectivity index (χ1v) is 10.2. The van der Waals surface area contributed by atoms with Gasteiger partial charge in [0.05, 0.1) is 12.0 Å². The summed E-state index contributed by atoms with van der Waals surface area (Å²) in [6, 6.07) is 0.207. The van der Waals surface area contributed by atoms with Gasteiger partial charge < -0.3 is 14.8 Å². The lowest BCUT2D eigenvalue weighted by Crippen LogP contribution is -2.43. The zero-order valence-electron chi connectivity index (χ0n) is 15.9. The fourth-order valence-electron chi connectivity index (χ4n) is 3.45. The molecule has 0 saturated heterocycles. The van der Waals surface area contributed by atoms with Gasteiger partial charge in [0.15, 0.2) is 6.61 Å². The second-order valence-electron chi connectivity index (χ2n) is 6.86. The Kier molecular flexibility index (Phi) is 6.26. The third-order valence-electron chi connectivity index (χ3n) is 4.95. The van der Waals surface area contributed by atoms with E-state index in [2.05, 4.69) is 22.2 Å². The van der Waals surface area contributed by atoms with Gasteiger partial charge >= 0.3 is 5.97 Å². The number of thiophene rings is 1. The molecule has 1 aliphatic rings. The number of aryl methyl sites for hydroxylation is 1. The molecule has 1 aliphatic carbocycles. The first kappa shape index (κ1) is 19.5. The number of amides is 1. The first-order valence-electron chi connectivity index (χ1n) is 9.34. The number of carbonyl (C=O) groups excluding carboxylic acids is 2. The van der Waals surface area contributed by atoms with E-state index in [4.69, 9.17) is 9.47 Å². The average Bonchev–Trinajstić information content (AvgIpc) is 3.00. The quantitative estimate of drug-likeness (QED) is 0.760. The molecule has 1 saturated carbocycles. The fourth-order valence-corrected chi connectivity index (χ4v) is 4.49. The van der Waals surface area contributed by atoms with Gasteiger partial charge in [-0.15, -0.1) is 11.3 Å². The summed E-state index contributed by atoms with van der Waals surface area (Å²) in [5.74, 6) is 0.267. The van der Waals surface area contributed by atoms with E-state index in [1.807, 2.05) is 6.92 Å².